The Labute approximate surface area is 99.8 Å². The van der Waals surface area contributed by atoms with Crippen molar-refractivity contribution in [3.8, 4) is 0 Å². The molecule has 6 heteroatoms. The molecular formula is C11H18N4O2. The van der Waals surface area contributed by atoms with Crippen LogP contribution in [0.3, 0.4) is 0 Å². The molecule has 0 unspecified atom stereocenters. The molecule has 2 heterocycles. The maximum absolute atomic E-state index is 11.9. The van der Waals surface area contributed by atoms with Gasteiger partial charge in [0.2, 0.25) is 5.95 Å². The lowest BCUT2D eigenvalue weighted by molar-refractivity contribution is 0.122. The molecule has 1 aromatic heterocycles. The summed E-state index contributed by atoms with van der Waals surface area (Å²) in [7, 11) is 0. The minimum Gasteiger partial charge on any atom is -0.383 e. The maximum atomic E-state index is 11.9. The van der Waals surface area contributed by atoms with Crippen molar-refractivity contribution < 1.29 is 4.74 Å². The zero-order valence-corrected chi connectivity index (χ0v) is 10.2. The minimum absolute atomic E-state index is 0.0741. The molecule has 0 bridgehead atoms. The monoisotopic (exact) mass is 238 g/mol. The first-order chi connectivity index (χ1) is 8.09. The summed E-state index contributed by atoms with van der Waals surface area (Å²) < 4.78 is 5.25. The molecule has 0 amide bonds. The van der Waals surface area contributed by atoms with Crippen LogP contribution in [0.2, 0.25) is 0 Å². The molecule has 17 heavy (non-hydrogen) atoms. The Morgan fingerprint density at radius 3 is 2.59 bits per heavy atom. The molecular weight excluding hydrogens is 220 g/mol. The van der Waals surface area contributed by atoms with E-state index in [1.807, 2.05) is 18.7 Å². The second-order valence-electron chi connectivity index (χ2n) is 4.44. The van der Waals surface area contributed by atoms with E-state index in [2.05, 4.69) is 9.97 Å². The van der Waals surface area contributed by atoms with Gasteiger partial charge in [-0.1, -0.05) is 13.8 Å². The van der Waals surface area contributed by atoms with Gasteiger partial charge in [-0.2, -0.15) is 4.98 Å². The molecule has 2 rings (SSSR count). The first-order valence-electron chi connectivity index (χ1n) is 5.82. The fourth-order valence-corrected chi connectivity index (χ4v) is 1.97. The standard InChI is InChI=1S/C11H18N4O2/c1-7(2)8-9(12)13-11(14-10(8)16)15-3-5-17-6-4-15/h7H,3-6H2,1-2H3,(H3,12,13,14,16). The summed E-state index contributed by atoms with van der Waals surface area (Å²) in [4.78, 5) is 21.0. The van der Waals surface area contributed by atoms with Crippen molar-refractivity contribution in [1.82, 2.24) is 9.97 Å². The van der Waals surface area contributed by atoms with Crippen LogP contribution in [-0.2, 0) is 4.74 Å². The Balaban J connectivity index is 2.34. The van der Waals surface area contributed by atoms with Gasteiger partial charge in [0.25, 0.3) is 5.56 Å². The topological polar surface area (TPSA) is 84.2 Å². The normalized spacial score (nSPS) is 16.5. The van der Waals surface area contributed by atoms with Gasteiger partial charge in [-0.3, -0.25) is 9.78 Å². The Hall–Kier alpha value is -1.56. The third-order valence-corrected chi connectivity index (χ3v) is 2.86. The number of aromatic amines is 1. The van der Waals surface area contributed by atoms with E-state index in [1.165, 1.54) is 0 Å². The van der Waals surface area contributed by atoms with Gasteiger partial charge >= 0.3 is 0 Å². The quantitative estimate of drug-likeness (QED) is 0.774. The zero-order chi connectivity index (χ0) is 12.4. The van der Waals surface area contributed by atoms with Crippen LogP contribution < -0.4 is 16.2 Å². The molecule has 94 valence electrons. The molecule has 0 atom stereocenters. The summed E-state index contributed by atoms with van der Waals surface area (Å²) in [5.74, 6) is 0.940. The van der Waals surface area contributed by atoms with E-state index in [9.17, 15) is 4.79 Å². The van der Waals surface area contributed by atoms with Crippen LogP contribution in [0.5, 0.6) is 0 Å². The number of anilines is 2. The highest BCUT2D eigenvalue weighted by atomic mass is 16.5. The number of nitrogen functional groups attached to an aromatic ring is 1. The van der Waals surface area contributed by atoms with Crippen molar-refractivity contribution in [3.63, 3.8) is 0 Å². The van der Waals surface area contributed by atoms with E-state index in [1.54, 1.807) is 0 Å². The van der Waals surface area contributed by atoms with Gasteiger partial charge in [0.1, 0.15) is 5.82 Å². The summed E-state index contributed by atoms with van der Waals surface area (Å²) in [5, 5.41) is 0. The Kier molecular flexibility index (Phi) is 3.33. The van der Waals surface area contributed by atoms with Crippen LogP contribution in [0.25, 0.3) is 0 Å². The number of ether oxygens (including phenoxy) is 1. The second kappa shape index (κ2) is 4.75. The third-order valence-electron chi connectivity index (χ3n) is 2.86. The van der Waals surface area contributed by atoms with Crippen LogP contribution >= 0.6 is 0 Å². The van der Waals surface area contributed by atoms with Crippen molar-refractivity contribution in [2.24, 2.45) is 0 Å². The highest BCUT2D eigenvalue weighted by Crippen LogP contribution is 2.17. The number of morpholine rings is 1. The Morgan fingerprint density at radius 2 is 2.06 bits per heavy atom. The van der Waals surface area contributed by atoms with Gasteiger partial charge in [0.05, 0.1) is 18.8 Å². The van der Waals surface area contributed by atoms with Gasteiger partial charge in [0, 0.05) is 13.1 Å². The van der Waals surface area contributed by atoms with E-state index < -0.39 is 0 Å². The average Bonchev–Trinajstić information content (AvgIpc) is 2.28. The van der Waals surface area contributed by atoms with Crippen LogP contribution in [-0.4, -0.2) is 36.3 Å². The van der Waals surface area contributed by atoms with Gasteiger partial charge in [-0.05, 0) is 5.92 Å². The first-order valence-corrected chi connectivity index (χ1v) is 5.82. The highest BCUT2D eigenvalue weighted by molar-refractivity contribution is 5.45. The molecule has 6 nitrogen and oxygen atoms in total. The number of nitrogens with two attached hydrogens (primary N) is 1. The lowest BCUT2D eigenvalue weighted by Crippen LogP contribution is -2.38. The largest absolute Gasteiger partial charge is 0.383 e. The number of hydrogen-bond acceptors (Lipinski definition) is 5. The van der Waals surface area contributed by atoms with Crippen molar-refractivity contribution in [2.75, 3.05) is 36.9 Å². The lowest BCUT2D eigenvalue weighted by Gasteiger charge is -2.27. The number of nitrogens with zero attached hydrogens (tertiary/aromatic N) is 2. The molecule has 0 radical (unpaired) electrons. The van der Waals surface area contributed by atoms with Gasteiger partial charge in [-0.25, -0.2) is 0 Å². The summed E-state index contributed by atoms with van der Waals surface area (Å²) in [6.07, 6.45) is 0. The summed E-state index contributed by atoms with van der Waals surface area (Å²) >= 11 is 0. The van der Waals surface area contributed by atoms with E-state index in [4.69, 9.17) is 10.5 Å². The Morgan fingerprint density at radius 1 is 1.41 bits per heavy atom. The number of hydrogen-bond donors (Lipinski definition) is 2. The predicted molar refractivity (Wildman–Crippen MR) is 66.4 cm³/mol. The fraction of sp³-hybridized carbons (Fsp3) is 0.636. The van der Waals surface area contributed by atoms with Crippen LogP contribution in [0, 0.1) is 0 Å². The molecule has 1 aliphatic heterocycles. The second-order valence-corrected chi connectivity index (χ2v) is 4.44. The third kappa shape index (κ3) is 2.41. The molecule has 1 aromatic rings. The van der Waals surface area contributed by atoms with E-state index in [0.717, 1.165) is 13.1 Å². The average molecular weight is 238 g/mol. The SMILES string of the molecule is CC(C)c1c(N)nc(N2CCOCC2)[nH]c1=O. The number of aromatic nitrogens is 2. The number of H-pyrrole nitrogens is 1. The van der Waals surface area contributed by atoms with Gasteiger partial charge < -0.3 is 15.4 Å². The van der Waals surface area contributed by atoms with Crippen molar-refractivity contribution in [2.45, 2.75) is 19.8 Å². The van der Waals surface area contributed by atoms with Crippen molar-refractivity contribution in [1.29, 1.82) is 0 Å². The molecule has 0 aromatic carbocycles. The molecule has 0 spiro atoms. The molecule has 0 saturated carbocycles. The highest BCUT2D eigenvalue weighted by Gasteiger charge is 2.17. The van der Waals surface area contributed by atoms with Crippen molar-refractivity contribution in [3.05, 3.63) is 15.9 Å². The summed E-state index contributed by atoms with van der Waals surface area (Å²) in [6.45, 7) is 6.60. The number of nitrogens with one attached hydrogen (secondary N) is 1. The lowest BCUT2D eigenvalue weighted by atomic mass is 10.1. The van der Waals surface area contributed by atoms with Gasteiger partial charge in [-0.15, -0.1) is 0 Å². The first kappa shape index (κ1) is 11.9. The van der Waals surface area contributed by atoms with E-state index in [0.29, 0.717) is 30.5 Å². The smallest absolute Gasteiger partial charge is 0.257 e. The molecule has 1 aliphatic rings. The van der Waals surface area contributed by atoms with Crippen LogP contribution in [0.4, 0.5) is 11.8 Å². The minimum atomic E-state index is -0.144. The predicted octanol–water partition coefficient (Wildman–Crippen LogP) is 0.312. The molecule has 1 saturated heterocycles. The fourth-order valence-electron chi connectivity index (χ4n) is 1.97. The zero-order valence-electron chi connectivity index (χ0n) is 10.2. The van der Waals surface area contributed by atoms with E-state index in [-0.39, 0.29) is 11.5 Å². The van der Waals surface area contributed by atoms with E-state index >= 15 is 0 Å². The molecule has 0 aliphatic carbocycles. The molecule has 3 N–H and O–H groups in total. The van der Waals surface area contributed by atoms with Crippen molar-refractivity contribution >= 4 is 11.8 Å². The Bertz CT molecular complexity index is 449. The van der Waals surface area contributed by atoms with Gasteiger partial charge in [0.15, 0.2) is 0 Å². The summed E-state index contributed by atoms with van der Waals surface area (Å²) in [5.41, 5.74) is 6.25. The van der Waals surface area contributed by atoms with Crippen LogP contribution in [0.15, 0.2) is 4.79 Å². The molecule has 1 fully saturated rings. The summed E-state index contributed by atoms with van der Waals surface area (Å²) in [6, 6.07) is 0. The number of rotatable bonds is 2. The maximum Gasteiger partial charge on any atom is 0.257 e. The van der Waals surface area contributed by atoms with Crippen LogP contribution in [0.1, 0.15) is 25.3 Å².